The van der Waals surface area contributed by atoms with E-state index in [1.807, 2.05) is 6.92 Å². The lowest BCUT2D eigenvalue weighted by Gasteiger charge is -2.24. The molecule has 0 aliphatic rings. The van der Waals surface area contributed by atoms with Crippen LogP contribution in [-0.2, 0) is 20.6 Å². The van der Waals surface area contributed by atoms with Crippen molar-refractivity contribution in [1.29, 1.82) is 0 Å². The van der Waals surface area contributed by atoms with Crippen LogP contribution < -0.4 is 9.62 Å². The molecule has 1 N–H and O–H groups in total. The van der Waals surface area contributed by atoms with Crippen molar-refractivity contribution in [3.63, 3.8) is 0 Å². The van der Waals surface area contributed by atoms with Crippen molar-refractivity contribution in [3.8, 4) is 0 Å². The van der Waals surface area contributed by atoms with Gasteiger partial charge in [-0.15, -0.1) is 0 Å². The molecule has 180 valence electrons. The van der Waals surface area contributed by atoms with Crippen molar-refractivity contribution in [2.24, 2.45) is 0 Å². The van der Waals surface area contributed by atoms with E-state index in [4.69, 9.17) is 11.6 Å². The molecule has 3 aromatic carbocycles. The summed E-state index contributed by atoms with van der Waals surface area (Å²) in [6.45, 7) is 1.90. The van der Waals surface area contributed by atoms with Gasteiger partial charge in [-0.05, 0) is 67.1 Å². The summed E-state index contributed by atoms with van der Waals surface area (Å²) in [5.74, 6) is 0.654. The summed E-state index contributed by atoms with van der Waals surface area (Å²) in [6.07, 6.45) is 0.677. The largest absolute Gasteiger partial charge is 0.354 e. The highest BCUT2D eigenvalue weighted by atomic mass is 35.5. The van der Waals surface area contributed by atoms with Crippen LogP contribution in [0.2, 0.25) is 5.02 Å². The van der Waals surface area contributed by atoms with E-state index in [2.05, 4.69) is 5.32 Å². The highest BCUT2D eigenvalue weighted by Gasteiger charge is 2.27. The van der Waals surface area contributed by atoms with Crippen molar-refractivity contribution >= 4 is 45.0 Å². The maximum absolute atomic E-state index is 13.7. The van der Waals surface area contributed by atoms with Gasteiger partial charge < -0.3 is 5.32 Å². The van der Waals surface area contributed by atoms with Crippen LogP contribution in [-0.4, -0.2) is 33.2 Å². The zero-order chi connectivity index (χ0) is 24.6. The van der Waals surface area contributed by atoms with Gasteiger partial charge in [-0.2, -0.15) is 11.8 Å². The molecule has 0 spiro atoms. The number of amides is 1. The van der Waals surface area contributed by atoms with Gasteiger partial charge in [0, 0.05) is 17.3 Å². The monoisotopic (exact) mass is 520 g/mol. The first-order valence-electron chi connectivity index (χ1n) is 10.7. The van der Waals surface area contributed by atoms with E-state index in [0.717, 1.165) is 15.6 Å². The van der Waals surface area contributed by atoms with Crippen molar-refractivity contribution < 1.29 is 17.6 Å². The molecule has 0 radical (unpaired) electrons. The van der Waals surface area contributed by atoms with Crippen LogP contribution in [0.5, 0.6) is 0 Å². The molecule has 0 aromatic heterocycles. The number of thioether (sulfide) groups is 1. The van der Waals surface area contributed by atoms with E-state index >= 15 is 0 Å². The van der Waals surface area contributed by atoms with Crippen LogP contribution in [0, 0.1) is 12.7 Å². The lowest BCUT2D eigenvalue weighted by molar-refractivity contribution is -0.119. The molecule has 3 rings (SSSR count). The van der Waals surface area contributed by atoms with Crippen LogP contribution in [0.3, 0.4) is 0 Å². The molecular formula is C25H26ClFN2O3S2. The van der Waals surface area contributed by atoms with Gasteiger partial charge in [0.1, 0.15) is 12.4 Å². The highest BCUT2D eigenvalue weighted by Crippen LogP contribution is 2.25. The molecule has 3 aromatic rings. The van der Waals surface area contributed by atoms with E-state index < -0.39 is 15.9 Å². The highest BCUT2D eigenvalue weighted by molar-refractivity contribution is 7.98. The molecule has 0 unspecified atom stereocenters. The number of nitrogens with one attached hydrogen (secondary N) is 1. The van der Waals surface area contributed by atoms with Gasteiger partial charge in [-0.3, -0.25) is 9.10 Å². The van der Waals surface area contributed by atoms with E-state index in [-0.39, 0.29) is 17.3 Å². The summed E-state index contributed by atoms with van der Waals surface area (Å²) in [5.41, 5.74) is 1.93. The number of rotatable bonds is 11. The molecule has 0 aliphatic carbocycles. The normalized spacial score (nSPS) is 11.3. The van der Waals surface area contributed by atoms with Gasteiger partial charge in [0.05, 0.1) is 10.6 Å². The van der Waals surface area contributed by atoms with E-state index in [1.54, 1.807) is 66.4 Å². The van der Waals surface area contributed by atoms with Crippen molar-refractivity contribution in [2.45, 2.75) is 24.0 Å². The summed E-state index contributed by atoms with van der Waals surface area (Å²) < 4.78 is 41.4. The molecule has 1 amide bonds. The van der Waals surface area contributed by atoms with Gasteiger partial charge in [-0.1, -0.05) is 47.5 Å². The van der Waals surface area contributed by atoms with Crippen molar-refractivity contribution in [2.75, 3.05) is 23.1 Å². The Morgan fingerprint density at radius 3 is 2.38 bits per heavy atom. The predicted molar refractivity (Wildman–Crippen MR) is 137 cm³/mol. The first-order chi connectivity index (χ1) is 16.3. The molecule has 0 saturated carbocycles. The minimum absolute atomic E-state index is 0.102. The van der Waals surface area contributed by atoms with Gasteiger partial charge in [0.25, 0.3) is 10.0 Å². The third-order valence-corrected chi connectivity index (χ3v) is 8.15. The summed E-state index contributed by atoms with van der Waals surface area (Å²) >= 11 is 7.54. The van der Waals surface area contributed by atoms with Crippen LogP contribution in [0.25, 0.3) is 0 Å². The molecular weight excluding hydrogens is 495 g/mol. The number of hydrogen-bond donors (Lipinski definition) is 1. The van der Waals surface area contributed by atoms with Crippen LogP contribution in [0.4, 0.5) is 10.1 Å². The number of carbonyl (C=O) groups is 1. The first-order valence-corrected chi connectivity index (χ1v) is 13.7. The minimum Gasteiger partial charge on any atom is -0.354 e. The second-order valence-electron chi connectivity index (χ2n) is 7.65. The number of hydrogen-bond acceptors (Lipinski definition) is 4. The zero-order valence-corrected chi connectivity index (χ0v) is 21.1. The van der Waals surface area contributed by atoms with E-state index in [9.17, 15) is 17.6 Å². The number of sulfonamides is 1. The molecule has 34 heavy (non-hydrogen) atoms. The lowest BCUT2D eigenvalue weighted by atomic mass is 10.2. The Kier molecular flexibility index (Phi) is 9.38. The third kappa shape index (κ3) is 7.22. The van der Waals surface area contributed by atoms with Gasteiger partial charge in [-0.25, -0.2) is 12.8 Å². The fraction of sp³-hybridized carbons (Fsp3) is 0.240. The maximum atomic E-state index is 13.7. The molecule has 0 fully saturated rings. The number of halogens is 2. The molecule has 0 aliphatic heterocycles. The summed E-state index contributed by atoms with van der Waals surface area (Å²) in [7, 11) is -3.96. The number of anilines is 1. The fourth-order valence-corrected chi connectivity index (χ4v) is 5.64. The predicted octanol–water partition coefficient (Wildman–Crippen LogP) is 5.42. The third-order valence-electron chi connectivity index (χ3n) is 5.01. The lowest BCUT2D eigenvalue weighted by Crippen LogP contribution is -2.41. The second-order valence-corrected chi connectivity index (χ2v) is 11.1. The summed E-state index contributed by atoms with van der Waals surface area (Å²) in [6, 6.07) is 19.4. The number of benzene rings is 3. The van der Waals surface area contributed by atoms with Crippen LogP contribution >= 0.6 is 23.4 Å². The fourth-order valence-electron chi connectivity index (χ4n) is 3.15. The van der Waals surface area contributed by atoms with Crippen molar-refractivity contribution in [3.05, 3.63) is 94.8 Å². The summed E-state index contributed by atoms with van der Waals surface area (Å²) in [4.78, 5) is 12.7. The topological polar surface area (TPSA) is 66.5 Å². The number of carbonyl (C=O) groups excluding carboxylic acids is 1. The van der Waals surface area contributed by atoms with Crippen molar-refractivity contribution in [1.82, 2.24) is 5.32 Å². The van der Waals surface area contributed by atoms with Gasteiger partial charge in [0.2, 0.25) is 5.91 Å². The van der Waals surface area contributed by atoms with E-state index in [0.29, 0.717) is 35.0 Å². The standard InChI is InChI=1S/C25H26ClFN2O3S2/c1-19-7-13-23(14-8-19)34(31,32)29(22-11-9-21(26)10-12-22)17-25(30)28-15-4-16-33-18-20-5-2-3-6-24(20)27/h2-3,5-14H,4,15-18H2,1H3,(H,28,30). The number of aryl methyl sites for hydroxylation is 1. The molecule has 0 saturated heterocycles. The Balaban J connectivity index is 1.59. The van der Waals surface area contributed by atoms with Gasteiger partial charge in [0.15, 0.2) is 0 Å². The zero-order valence-electron chi connectivity index (χ0n) is 18.7. The molecule has 9 heteroatoms. The SMILES string of the molecule is Cc1ccc(S(=O)(=O)N(CC(=O)NCCCSCc2ccccc2F)c2ccc(Cl)cc2)cc1. The minimum atomic E-state index is -3.96. The first kappa shape index (κ1) is 26.1. The Labute approximate surface area is 209 Å². The smallest absolute Gasteiger partial charge is 0.264 e. The Hall–Kier alpha value is -2.55. The van der Waals surface area contributed by atoms with Crippen LogP contribution in [0.1, 0.15) is 17.5 Å². The quantitative estimate of drug-likeness (QED) is 0.343. The van der Waals surface area contributed by atoms with Crippen LogP contribution in [0.15, 0.2) is 77.7 Å². The average molecular weight is 521 g/mol. The molecule has 0 atom stereocenters. The molecule has 0 bridgehead atoms. The Bertz CT molecular complexity index is 1200. The van der Waals surface area contributed by atoms with Gasteiger partial charge >= 0.3 is 0 Å². The Morgan fingerprint density at radius 2 is 1.71 bits per heavy atom. The molecule has 5 nitrogen and oxygen atoms in total. The van der Waals surface area contributed by atoms with E-state index in [1.165, 1.54) is 18.2 Å². The summed E-state index contributed by atoms with van der Waals surface area (Å²) in [5, 5.41) is 3.24. The molecule has 0 heterocycles. The number of nitrogens with zero attached hydrogens (tertiary/aromatic N) is 1. The second kappa shape index (κ2) is 12.2. The Morgan fingerprint density at radius 1 is 1.03 bits per heavy atom. The maximum Gasteiger partial charge on any atom is 0.264 e. The average Bonchev–Trinajstić information content (AvgIpc) is 2.82.